The molecular formula is C15H21BrN2O2. The summed E-state index contributed by atoms with van der Waals surface area (Å²) in [5, 5.41) is 2.64. The third-order valence-corrected chi connectivity index (χ3v) is 3.33. The minimum absolute atomic E-state index is 0.458. The van der Waals surface area contributed by atoms with Gasteiger partial charge in [0.2, 0.25) is 0 Å². The monoisotopic (exact) mass is 340 g/mol. The lowest BCUT2D eigenvalue weighted by molar-refractivity contribution is -0.143. The number of nitrogens with one attached hydrogen (secondary N) is 1. The molecule has 0 atom stereocenters. The van der Waals surface area contributed by atoms with Crippen LogP contribution in [0.25, 0.3) is 0 Å². The minimum Gasteiger partial charge on any atom is -0.334 e. The van der Waals surface area contributed by atoms with Crippen LogP contribution in [0.15, 0.2) is 28.7 Å². The quantitative estimate of drug-likeness (QED) is 0.806. The van der Waals surface area contributed by atoms with Crippen molar-refractivity contribution in [1.82, 2.24) is 4.90 Å². The number of nitrogens with zero attached hydrogens (tertiary/aromatic N) is 1. The van der Waals surface area contributed by atoms with E-state index in [0.717, 1.165) is 23.7 Å². The third kappa shape index (κ3) is 5.33. The average molecular weight is 341 g/mol. The van der Waals surface area contributed by atoms with Crippen molar-refractivity contribution in [2.45, 2.75) is 33.1 Å². The molecule has 1 N–H and O–H groups in total. The van der Waals surface area contributed by atoms with E-state index in [4.69, 9.17) is 0 Å². The highest BCUT2D eigenvalue weighted by Crippen LogP contribution is 2.15. The second-order valence-electron chi connectivity index (χ2n) is 4.61. The fourth-order valence-corrected chi connectivity index (χ4v) is 2.23. The van der Waals surface area contributed by atoms with Crippen molar-refractivity contribution < 1.29 is 9.59 Å². The first-order valence-corrected chi connectivity index (χ1v) is 7.73. The summed E-state index contributed by atoms with van der Waals surface area (Å²) in [6.07, 6.45) is 2.76. The van der Waals surface area contributed by atoms with Crippen molar-refractivity contribution in [2.75, 3.05) is 18.4 Å². The Morgan fingerprint density at radius 3 is 2.55 bits per heavy atom. The Kier molecular flexibility index (Phi) is 7.30. The first-order chi connectivity index (χ1) is 9.58. The highest BCUT2D eigenvalue weighted by molar-refractivity contribution is 9.10. The lowest BCUT2D eigenvalue weighted by Gasteiger charge is -2.21. The summed E-state index contributed by atoms with van der Waals surface area (Å²) in [5.41, 5.74) is 0.615. The summed E-state index contributed by atoms with van der Waals surface area (Å²) in [4.78, 5) is 25.7. The zero-order valence-electron chi connectivity index (χ0n) is 12.0. The molecule has 2 amide bonds. The summed E-state index contributed by atoms with van der Waals surface area (Å²) in [5.74, 6) is -1.03. The molecule has 1 aromatic carbocycles. The van der Waals surface area contributed by atoms with Gasteiger partial charge in [-0.15, -0.1) is 0 Å². The Labute approximate surface area is 128 Å². The van der Waals surface area contributed by atoms with Crippen LogP contribution in [0.2, 0.25) is 0 Å². The van der Waals surface area contributed by atoms with Crippen LogP contribution in [-0.4, -0.2) is 29.8 Å². The zero-order valence-corrected chi connectivity index (χ0v) is 13.6. The van der Waals surface area contributed by atoms with Crippen LogP contribution in [0.5, 0.6) is 0 Å². The van der Waals surface area contributed by atoms with E-state index in [1.165, 1.54) is 0 Å². The van der Waals surface area contributed by atoms with Crippen molar-refractivity contribution in [3.63, 3.8) is 0 Å². The molecule has 0 aromatic heterocycles. The number of carbonyl (C=O) groups excluding carboxylic acids is 2. The lowest BCUT2D eigenvalue weighted by atomic mass is 10.2. The van der Waals surface area contributed by atoms with Crippen molar-refractivity contribution >= 4 is 33.4 Å². The molecule has 0 fully saturated rings. The van der Waals surface area contributed by atoms with E-state index in [-0.39, 0.29) is 0 Å². The number of anilines is 1. The number of halogens is 1. The Morgan fingerprint density at radius 2 is 1.95 bits per heavy atom. The van der Waals surface area contributed by atoms with Gasteiger partial charge >= 0.3 is 11.8 Å². The topological polar surface area (TPSA) is 49.4 Å². The highest BCUT2D eigenvalue weighted by Gasteiger charge is 2.20. The highest BCUT2D eigenvalue weighted by atomic mass is 79.9. The van der Waals surface area contributed by atoms with E-state index in [9.17, 15) is 9.59 Å². The number of hydrogen-bond donors (Lipinski definition) is 1. The molecule has 0 spiro atoms. The van der Waals surface area contributed by atoms with E-state index in [1.807, 2.05) is 19.1 Å². The normalized spacial score (nSPS) is 10.2. The summed E-state index contributed by atoms with van der Waals surface area (Å²) >= 11 is 3.33. The van der Waals surface area contributed by atoms with Crippen LogP contribution in [-0.2, 0) is 9.59 Å². The molecule has 0 saturated heterocycles. The van der Waals surface area contributed by atoms with Gasteiger partial charge in [-0.05, 0) is 31.0 Å². The van der Waals surface area contributed by atoms with E-state index >= 15 is 0 Å². The Bertz CT molecular complexity index is 463. The number of unbranched alkanes of at least 4 members (excludes halogenated alkanes) is 1. The molecule has 110 valence electrons. The smallest absolute Gasteiger partial charge is 0.313 e. The van der Waals surface area contributed by atoms with E-state index < -0.39 is 11.8 Å². The molecule has 5 heteroatoms. The fourth-order valence-electron chi connectivity index (χ4n) is 1.83. The molecule has 0 aliphatic heterocycles. The van der Waals surface area contributed by atoms with Crippen LogP contribution in [0.1, 0.15) is 33.1 Å². The van der Waals surface area contributed by atoms with Crippen molar-refractivity contribution in [3.8, 4) is 0 Å². The molecule has 0 aliphatic rings. The standard InChI is InChI=1S/C15H21BrN2O2/c1-3-5-10-18(9-4-2)15(20)14(19)17-13-8-6-7-12(16)11-13/h6-8,11H,3-5,9-10H2,1-2H3,(H,17,19). The van der Waals surface area contributed by atoms with Gasteiger partial charge in [-0.3, -0.25) is 9.59 Å². The minimum atomic E-state index is -0.576. The molecular weight excluding hydrogens is 320 g/mol. The number of amides is 2. The second-order valence-corrected chi connectivity index (χ2v) is 5.53. The van der Waals surface area contributed by atoms with E-state index in [1.54, 1.807) is 17.0 Å². The van der Waals surface area contributed by atoms with Crippen LogP contribution in [0.3, 0.4) is 0 Å². The van der Waals surface area contributed by atoms with Gasteiger partial charge in [0.05, 0.1) is 0 Å². The van der Waals surface area contributed by atoms with Crippen molar-refractivity contribution in [3.05, 3.63) is 28.7 Å². The SMILES string of the molecule is CCCCN(CCC)C(=O)C(=O)Nc1cccc(Br)c1. The van der Waals surface area contributed by atoms with Crippen molar-refractivity contribution in [1.29, 1.82) is 0 Å². The van der Waals surface area contributed by atoms with Gasteiger partial charge in [-0.2, -0.15) is 0 Å². The number of benzene rings is 1. The molecule has 1 rings (SSSR count). The lowest BCUT2D eigenvalue weighted by Crippen LogP contribution is -2.40. The zero-order chi connectivity index (χ0) is 15.0. The maximum absolute atomic E-state index is 12.1. The second kappa shape index (κ2) is 8.74. The molecule has 0 heterocycles. The van der Waals surface area contributed by atoms with Gasteiger partial charge < -0.3 is 10.2 Å². The molecule has 1 aromatic rings. The van der Waals surface area contributed by atoms with Crippen LogP contribution >= 0.6 is 15.9 Å². The van der Waals surface area contributed by atoms with Gasteiger partial charge in [-0.1, -0.05) is 42.3 Å². The third-order valence-electron chi connectivity index (χ3n) is 2.84. The number of rotatable bonds is 6. The van der Waals surface area contributed by atoms with Crippen LogP contribution in [0.4, 0.5) is 5.69 Å². The van der Waals surface area contributed by atoms with Gasteiger partial charge in [0.25, 0.3) is 0 Å². The Balaban J connectivity index is 2.66. The predicted octanol–water partition coefficient (Wildman–Crippen LogP) is 3.43. The number of carbonyl (C=O) groups is 2. The van der Waals surface area contributed by atoms with Gasteiger partial charge in [0.15, 0.2) is 0 Å². The molecule has 0 aliphatic carbocycles. The van der Waals surface area contributed by atoms with Gasteiger partial charge in [0.1, 0.15) is 0 Å². The fraction of sp³-hybridized carbons (Fsp3) is 0.467. The van der Waals surface area contributed by atoms with E-state index in [0.29, 0.717) is 18.8 Å². The maximum Gasteiger partial charge on any atom is 0.313 e. The van der Waals surface area contributed by atoms with Gasteiger partial charge in [-0.25, -0.2) is 0 Å². The number of hydrogen-bond acceptors (Lipinski definition) is 2. The largest absolute Gasteiger partial charge is 0.334 e. The average Bonchev–Trinajstić information content (AvgIpc) is 2.42. The Morgan fingerprint density at radius 1 is 1.20 bits per heavy atom. The Hall–Kier alpha value is -1.36. The summed E-state index contributed by atoms with van der Waals surface area (Å²) in [6.45, 7) is 5.31. The molecule has 20 heavy (non-hydrogen) atoms. The molecule has 0 bridgehead atoms. The molecule has 0 unspecified atom stereocenters. The molecule has 0 radical (unpaired) electrons. The molecule has 4 nitrogen and oxygen atoms in total. The summed E-state index contributed by atoms with van der Waals surface area (Å²) in [6, 6.07) is 7.20. The van der Waals surface area contributed by atoms with Crippen LogP contribution in [0, 0.1) is 0 Å². The molecule has 0 saturated carbocycles. The first-order valence-electron chi connectivity index (χ1n) is 6.94. The van der Waals surface area contributed by atoms with Crippen LogP contribution < -0.4 is 5.32 Å². The summed E-state index contributed by atoms with van der Waals surface area (Å²) < 4.78 is 0.860. The predicted molar refractivity (Wildman–Crippen MR) is 84.6 cm³/mol. The van der Waals surface area contributed by atoms with E-state index in [2.05, 4.69) is 28.2 Å². The first kappa shape index (κ1) is 16.7. The van der Waals surface area contributed by atoms with Gasteiger partial charge in [0, 0.05) is 23.2 Å². The summed E-state index contributed by atoms with van der Waals surface area (Å²) in [7, 11) is 0. The van der Waals surface area contributed by atoms with Crippen molar-refractivity contribution in [2.24, 2.45) is 0 Å². The maximum atomic E-state index is 12.1.